The van der Waals surface area contributed by atoms with E-state index in [0.29, 0.717) is 0 Å². The fourth-order valence-electron chi connectivity index (χ4n) is 2.50. The van der Waals surface area contributed by atoms with Crippen LogP contribution < -0.4 is 5.73 Å². The zero-order valence-electron chi connectivity index (χ0n) is 9.84. The zero-order valence-corrected chi connectivity index (χ0v) is 9.84. The minimum absolute atomic E-state index is 0.833. The molecule has 2 heteroatoms. The standard InChI is InChI=1S/C12H26N2/c1-3-14(10-4-9-13)12-7-5-11(2)6-8-12/h11-12H,3-10,13H2,1-2H3. The Labute approximate surface area is 88.8 Å². The van der Waals surface area contributed by atoms with Gasteiger partial charge >= 0.3 is 0 Å². The summed E-state index contributed by atoms with van der Waals surface area (Å²) in [6.45, 7) is 7.88. The van der Waals surface area contributed by atoms with Crippen LogP contribution in [-0.2, 0) is 0 Å². The summed E-state index contributed by atoms with van der Waals surface area (Å²) < 4.78 is 0. The molecule has 84 valence electrons. The Morgan fingerprint density at radius 2 is 1.86 bits per heavy atom. The largest absolute Gasteiger partial charge is 0.330 e. The SMILES string of the molecule is CCN(CCCN)C1CCC(C)CC1. The first kappa shape index (κ1) is 12.0. The van der Waals surface area contributed by atoms with Crippen LogP contribution in [0.25, 0.3) is 0 Å². The molecule has 0 unspecified atom stereocenters. The lowest BCUT2D eigenvalue weighted by Crippen LogP contribution is -2.38. The van der Waals surface area contributed by atoms with Crippen molar-refractivity contribution in [3.8, 4) is 0 Å². The van der Waals surface area contributed by atoms with Crippen molar-refractivity contribution in [1.29, 1.82) is 0 Å². The minimum Gasteiger partial charge on any atom is -0.330 e. The summed E-state index contributed by atoms with van der Waals surface area (Å²) in [6, 6.07) is 0.850. The van der Waals surface area contributed by atoms with E-state index < -0.39 is 0 Å². The molecule has 14 heavy (non-hydrogen) atoms. The molecule has 0 amide bonds. The lowest BCUT2D eigenvalue weighted by atomic mass is 9.86. The van der Waals surface area contributed by atoms with Gasteiger partial charge in [-0.1, -0.05) is 13.8 Å². The number of nitrogens with two attached hydrogens (primary N) is 1. The highest BCUT2D eigenvalue weighted by Crippen LogP contribution is 2.26. The third-order valence-corrected chi connectivity index (χ3v) is 3.56. The maximum Gasteiger partial charge on any atom is 0.00953 e. The Hall–Kier alpha value is -0.0800. The Morgan fingerprint density at radius 1 is 1.21 bits per heavy atom. The summed E-state index contributed by atoms with van der Waals surface area (Å²) in [7, 11) is 0. The van der Waals surface area contributed by atoms with E-state index in [9.17, 15) is 0 Å². The number of nitrogens with zero attached hydrogens (tertiary/aromatic N) is 1. The van der Waals surface area contributed by atoms with Crippen molar-refractivity contribution in [3.63, 3.8) is 0 Å². The molecular formula is C12H26N2. The first-order valence-electron chi connectivity index (χ1n) is 6.22. The predicted octanol–water partition coefficient (Wildman–Crippen LogP) is 2.24. The van der Waals surface area contributed by atoms with Crippen LogP contribution in [-0.4, -0.2) is 30.6 Å². The molecule has 0 saturated heterocycles. The van der Waals surface area contributed by atoms with Gasteiger partial charge in [-0.3, -0.25) is 0 Å². The van der Waals surface area contributed by atoms with Crippen LogP contribution in [0.2, 0.25) is 0 Å². The summed E-state index contributed by atoms with van der Waals surface area (Å²) in [5, 5.41) is 0. The molecule has 1 fully saturated rings. The fourth-order valence-corrected chi connectivity index (χ4v) is 2.50. The maximum atomic E-state index is 5.56. The molecule has 0 heterocycles. The monoisotopic (exact) mass is 198 g/mol. The van der Waals surface area contributed by atoms with E-state index in [1.807, 2.05) is 0 Å². The molecule has 1 aliphatic rings. The Morgan fingerprint density at radius 3 is 2.36 bits per heavy atom. The Bertz CT molecular complexity index is 137. The average Bonchev–Trinajstić information content (AvgIpc) is 2.21. The predicted molar refractivity (Wildman–Crippen MR) is 62.3 cm³/mol. The van der Waals surface area contributed by atoms with E-state index in [1.54, 1.807) is 0 Å². The lowest BCUT2D eigenvalue weighted by molar-refractivity contribution is 0.145. The quantitative estimate of drug-likeness (QED) is 0.734. The molecule has 0 atom stereocenters. The van der Waals surface area contributed by atoms with Gasteiger partial charge in [0.15, 0.2) is 0 Å². The topological polar surface area (TPSA) is 29.3 Å². The molecule has 0 aliphatic heterocycles. The van der Waals surface area contributed by atoms with E-state index in [-0.39, 0.29) is 0 Å². The molecular weight excluding hydrogens is 172 g/mol. The summed E-state index contributed by atoms with van der Waals surface area (Å²) >= 11 is 0. The smallest absolute Gasteiger partial charge is 0.00953 e. The molecule has 0 radical (unpaired) electrons. The van der Waals surface area contributed by atoms with E-state index in [1.165, 1.54) is 38.8 Å². The Kier molecular flexibility index (Phi) is 5.49. The van der Waals surface area contributed by atoms with Gasteiger partial charge in [0, 0.05) is 6.04 Å². The third kappa shape index (κ3) is 3.58. The van der Waals surface area contributed by atoms with Gasteiger partial charge in [-0.05, 0) is 57.7 Å². The van der Waals surface area contributed by atoms with Crippen LogP contribution in [0.5, 0.6) is 0 Å². The number of rotatable bonds is 5. The molecule has 2 nitrogen and oxygen atoms in total. The van der Waals surface area contributed by atoms with Crippen molar-refractivity contribution < 1.29 is 0 Å². The zero-order chi connectivity index (χ0) is 10.4. The van der Waals surface area contributed by atoms with Crippen molar-refractivity contribution in [2.24, 2.45) is 11.7 Å². The summed E-state index contributed by atoms with van der Waals surface area (Å²) in [4.78, 5) is 2.62. The van der Waals surface area contributed by atoms with Gasteiger partial charge < -0.3 is 10.6 Å². The van der Waals surface area contributed by atoms with Gasteiger partial charge in [0.2, 0.25) is 0 Å². The molecule has 0 spiro atoms. The highest BCUT2D eigenvalue weighted by molar-refractivity contribution is 4.77. The molecule has 0 bridgehead atoms. The van der Waals surface area contributed by atoms with Gasteiger partial charge in [0.05, 0.1) is 0 Å². The fraction of sp³-hybridized carbons (Fsp3) is 1.00. The van der Waals surface area contributed by atoms with Crippen LogP contribution in [0.1, 0.15) is 46.0 Å². The molecule has 1 saturated carbocycles. The highest BCUT2D eigenvalue weighted by atomic mass is 15.1. The molecule has 0 aromatic rings. The van der Waals surface area contributed by atoms with Crippen LogP contribution in [0.15, 0.2) is 0 Å². The third-order valence-electron chi connectivity index (χ3n) is 3.56. The normalized spacial score (nSPS) is 28.3. The summed E-state index contributed by atoms with van der Waals surface area (Å²) in [5.41, 5.74) is 5.56. The molecule has 1 aliphatic carbocycles. The van der Waals surface area contributed by atoms with E-state index >= 15 is 0 Å². The second-order valence-corrected chi connectivity index (χ2v) is 4.68. The number of hydrogen-bond acceptors (Lipinski definition) is 2. The Balaban J connectivity index is 2.29. The first-order valence-corrected chi connectivity index (χ1v) is 6.22. The summed E-state index contributed by atoms with van der Waals surface area (Å²) in [6.07, 6.45) is 6.80. The second kappa shape index (κ2) is 6.41. The molecule has 1 rings (SSSR count). The van der Waals surface area contributed by atoms with E-state index in [4.69, 9.17) is 5.73 Å². The van der Waals surface area contributed by atoms with Crippen molar-refractivity contribution in [2.75, 3.05) is 19.6 Å². The van der Waals surface area contributed by atoms with Gasteiger partial charge in [0.1, 0.15) is 0 Å². The van der Waals surface area contributed by atoms with E-state index in [2.05, 4.69) is 18.7 Å². The van der Waals surface area contributed by atoms with Gasteiger partial charge in [-0.2, -0.15) is 0 Å². The van der Waals surface area contributed by atoms with Crippen LogP contribution in [0, 0.1) is 5.92 Å². The minimum atomic E-state index is 0.833. The average molecular weight is 198 g/mol. The molecule has 0 aromatic heterocycles. The maximum absolute atomic E-state index is 5.56. The van der Waals surface area contributed by atoms with Crippen LogP contribution in [0.4, 0.5) is 0 Å². The first-order chi connectivity index (χ1) is 6.77. The van der Waals surface area contributed by atoms with Gasteiger partial charge in [-0.25, -0.2) is 0 Å². The van der Waals surface area contributed by atoms with Crippen molar-refractivity contribution in [2.45, 2.75) is 52.0 Å². The molecule has 0 aromatic carbocycles. The second-order valence-electron chi connectivity index (χ2n) is 4.68. The van der Waals surface area contributed by atoms with Crippen molar-refractivity contribution >= 4 is 0 Å². The van der Waals surface area contributed by atoms with E-state index in [0.717, 1.165) is 24.9 Å². The highest BCUT2D eigenvalue weighted by Gasteiger charge is 2.22. The van der Waals surface area contributed by atoms with Gasteiger partial charge in [-0.15, -0.1) is 0 Å². The summed E-state index contributed by atoms with van der Waals surface area (Å²) in [5.74, 6) is 0.958. The van der Waals surface area contributed by atoms with Crippen molar-refractivity contribution in [3.05, 3.63) is 0 Å². The van der Waals surface area contributed by atoms with Crippen LogP contribution in [0.3, 0.4) is 0 Å². The molecule has 2 N–H and O–H groups in total. The van der Waals surface area contributed by atoms with Gasteiger partial charge in [0.25, 0.3) is 0 Å². The lowest BCUT2D eigenvalue weighted by Gasteiger charge is -2.35. The van der Waals surface area contributed by atoms with Crippen LogP contribution >= 0.6 is 0 Å². The number of hydrogen-bond donors (Lipinski definition) is 1. The van der Waals surface area contributed by atoms with Crippen molar-refractivity contribution in [1.82, 2.24) is 4.90 Å².